The number of carbonyl (C=O) groups excluding carboxylic acids is 2. The van der Waals surface area contributed by atoms with E-state index in [-0.39, 0.29) is 17.0 Å². The summed E-state index contributed by atoms with van der Waals surface area (Å²) in [6.07, 6.45) is 0. The van der Waals surface area contributed by atoms with Gasteiger partial charge in [0, 0.05) is 30.4 Å². The zero-order valence-corrected chi connectivity index (χ0v) is 17.1. The lowest BCUT2D eigenvalue weighted by atomic mass is 10.2. The number of nitrogens with one attached hydrogen (secondary N) is 1. The van der Waals surface area contributed by atoms with Crippen LogP contribution in [0, 0.1) is 0 Å². The van der Waals surface area contributed by atoms with Crippen molar-refractivity contribution in [2.75, 3.05) is 33.1 Å². The third-order valence-electron chi connectivity index (χ3n) is 3.81. The third kappa shape index (κ3) is 5.29. The van der Waals surface area contributed by atoms with Gasteiger partial charge in [-0.15, -0.1) is 0 Å². The highest BCUT2D eigenvalue weighted by molar-refractivity contribution is 7.89. The van der Waals surface area contributed by atoms with Crippen molar-refractivity contribution in [3.63, 3.8) is 0 Å². The Bertz CT molecular complexity index is 981. The molecular weight excluding hydrogens is 406 g/mol. The number of likely N-dealkylation sites (N-methyl/N-ethyl adjacent to an activating group) is 1. The van der Waals surface area contributed by atoms with Gasteiger partial charge in [-0.25, -0.2) is 8.42 Å². The van der Waals surface area contributed by atoms with Crippen LogP contribution in [0.25, 0.3) is 0 Å². The molecule has 8 nitrogen and oxygen atoms in total. The van der Waals surface area contributed by atoms with Crippen molar-refractivity contribution in [1.82, 2.24) is 9.37 Å². The summed E-state index contributed by atoms with van der Waals surface area (Å²) in [4.78, 5) is 30.6. The molecule has 10 heteroatoms. The summed E-state index contributed by atoms with van der Waals surface area (Å²) in [6.45, 7) is -0.222. The Kier molecular flexibility index (Phi) is 7.14. The number of halogens is 1. The molecule has 0 unspecified atom stereocenters. The Morgan fingerprint density at radius 3 is 2.43 bits per heavy atom. The number of amides is 2. The first-order valence-electron chi connectivity index (χ1n) is 8.09. The predicted octanol–water partition coefficient (Wildman–Crippen LogP) is 2.23. The summed E-state index contributed by atoms with van der Waals surface area (Å²) in [5.74, 6) is -0.917. The Hall–Kier alpha value is -2.46. The number of hydrogen-bond donors (Lipinski definition) is 1. The van der Waals surface area contributed by atoms with Crippen LogP contribution in [0.15, 0.2) is 53.4 Å². The summed E-state index contributed by atoms with van der Waals surface area (Å²) < 4.78 is 25.3. The molecule has 2 amide bonds. The van der Waals surface area contributed by atoms with Crippen molar-refractivity contribution in [2.24, 2.45) is 0 Å². The number of sulfonamides is 1. The van der Waals surface area contributed by atoms with Crippen LogP contribution in [0.1, 0.15) is 10.4 Å². The van der Waals surface area contributed by atoms with Gasteiger partial charge >= 0.3 is 0 Å². The molecule has 0 fully saturated rings. The second-order valence-electron chi connectivity index (χ2n) is 5.84. The molecule has 2 aromatic carbocycles. The molecule has 150 valence electrons. The van der Waals surface area contributed by atoms with Gasteiger partial charge in [-0.1, -0.05) is 28.2 Å². The summed E-state index contributed by atoms with van der Waals surface area (Å²) in [5, 5.41) is 3.12. The van der Waals surface area contributed by atoms with E-state index in [0.717, 1.165) is 0 Å². The second-order valence-corrected chi connectivity index (χ2v) is 8.22. The highest BCUT2D eigenvalue weighted by Gasteiger charge is 2.23. The number of hydrogen-bond acceptors (Lipinski definition) is 5. The van der Waals surface area contributed by atoms with Crippen molar-refractivity contribution in [1.29, 1.82) is 0 Å². The van der Waals surface area contributed by atoms with E-state index in [1.54, 1.807) is 24.3 Å². The maximum atomic E-state index is 12.6. The minimum atomic E-state index is -3.89. The number of nitrogens with zero attached hydrogens (tertiary/aromatic N) is 2. The Morgan fingerprint density at radius 1 is 1.11 bits per heavy atom. The Labute approximate surface area is 168 Å². The van der Waals surface area contributed by atoms with Gasteiger partial charge < -0.3 is 10.2 Å². The lowest BCUT2D eigenvalue weighted by molar-refractivity contribution is -0.116. The fourth-order valence-electron chi connectivity index (χ4n) is 2.31. The monoisotopic (exact) mass is 425 g/mol. The molecule has 0 aromatic heterocycles. The molecule has 0 bridgehead atoms. The van der Waals surface area contributed by atoms with E-state index in [9.17, 15) is 18.0 Å². The average molecular weight is 426 g/mol. The maximum Gasteiger partial charge on any atom is 0.264 e. The van der Waals surface area contributed by atoms with E-state index in [2.05, 4.69) is 5.32 Å². The van der Waals surface area contributed by atoms with Crippen molar-refractivity contribution in [3.8, 4) is 0 Å². The van der Waals surface area contributed by atoms with Gasteiger partial charge in [0.05, 0.1) is 18.6 Å². The average Bonchev–Trinajstić information content (AvgIpc) is 2.66. The van der Waals surface area contributed by atoms with Crippen LogP contribution in [-0.2, 0) is 19.7 Å². The summed E-state index contributed by atoms with van der Waals surface area (Å²) >= 11 is 5.87. The van der Waals surface area contributed by atoms with Gasteiger partial charge in [0.2, 0.25) is 5.91 Å². The minimum absolute atomic E-state index is 0.0977. The molecule has 0 saturated carbocycles. The molecule has 0 aliphatic heterocycles. The standard InChI is InChI=1S/C18H20ClN3O5S/c1-21(12-17(23)20-15-8-5-7-14(19)11-15)18(24)13-6-4-9-16(10-13)28(25,26)22(2)27-3/h4-11H,12H2,1-3H3,(H,20,23). The zero-order chi connectivity index (χ0) is 20.9. The normalized spacial score (nSPS) is 11.3. The van der Waals surface area contributed by atoms with Crippen LogP contribution in [0.2, 0.25) is 5.02 Å². The van der Waals surface area contributed by atoms with Crippen LogP contribution in [0.5, 0.6) is 0 Å². The lowest BCUT2D eigenvalue weighted by Crippen LogP contribution is -2.35. The van der Waals surface area contributed by atoms with Crippen LogP contribution in [0.3, 0.4) is 0 Å². The first-order chi connectivity index (χ1) is 13.1. The molecule has 0 radical (unpaired) electrons. The third-order valence-corrected chi connectivity index (χ3v) is 5.72. The zero-order valence-electron chi connectivity index (χ0n) is 15.5. The highest BCUT2D eigenvalue weighted by atomic mass is 35.5. The first kappa shape index (κ1) is 21.8. The van der Waals surface area contributed by atoms with Gasteiger partial charge in [-0.3, -0.25) is 14.4 Å². The molecule has 1 N–H and O–H groups in total. The van der Waals surface area contributed by atoms with Gasteiger partial charge in [-0.05, 0) is 36.4 Å². The summed E-state index contributed by atoms with van der Waals surface area (Å²) in [7, 11) is 0.0240. The Balaban J connectivity index is 2.11. The lowest BCUT2D eigenvalue weighted by Gasteiger charge is -2.18. The molecule has 0 saturated heterocycles. The highest BCUT2D eigenvalue weighted by Crippen LogP contribution is 2.17. The van der Waals surface area contributed by atoms with Gasteiger partial charge in [0.1, 0.15) is 0 Å². The summed E-state index contributed by atoms with van der Waals surface area (Å²) in [6, 6.07) is 12.1. The van der Waals surface area contributed by atoms with E-state index < -0.39 is 21.8 Å². The van der Waals surface area contributed by atoms with Gasteiger partial charge in [0.15, 0.2) is 0 Å². The van der Waals surface area contributed by atoms with Crippen molar-refractivity contribution >= 4 is 39.1 Å². The largest absolute Gasteiger partial charge is 0.332 e. The number of rotatable bonds is 7. The molecule has 0 aliphatic rings. The fourth-order valence-corrected chi connectivity index (χ4v) is 3.52. The van der Waals surface area contributed by atoms with Crippen LogP contribution in [0.4, 0.5) is 5.69 Å². The fraction of sp³-hybridized carbons (Fsp3) is 0.222. The van der Waals surface area contributed by atoms with Crippen molar-refractivity contribution < 1.29 is 22.8 Å². The van der Waals surface area contributed by atoms with E-state index in [1.165, 1.54) is 50.4 Å². The van der Waals surface area contributed by atoms with Crippen LogP contribution in [-0.4, -0.2) is 57.4 Å². The predicted molar refractivity (Wildman–Crippen MR) is 105 cm³/mol. The van der Waals surface area contributed by atoms with E-state index in [4.69, 9.17) is 16.4 Å². The molecule has 0 atom stereocenters. The molecule has 28 heavy (non-hydrogen) atoms. The minimum Gasteiger partial charge on any atom is -0.332 e. The van der Waals surface area contributed by atoms with Gasteiger partial charge in [0.25, 0.3) is 15.9 Å². The number of anilines is 1. The quantitative estimate of drug-likeness (QED) is 0.686. The van der Waals surface area contributed by atoms with Crippen molar-refractivity contribution in [2.45, 2.75) is 4.90 Å². The molecule has 0 heterocycles. The van der Waals surface area contributed by atoms with E-state index >= 15 is 0 Å². The number of benzene rings is 2. The smallest absolute Gasteiger partial charge is 0.264 e. The molecular formula is C18H20ClN3O5S. The number of hydroxylamine groups is 1. The molecule has 2 rings (SSSR count). The SMILES string of the molecule is CON(C)S(=O)(=O)c1cccc(C(=O)N(C)CC(=O)Nc2cccc(Cl)c2)c1. The molecule has 0 aliphatic carbocycles. The topological polar surface area (TPSA) is 96.0 Å². The van der Waals surface area contributed by atoms with E-state index in [0.29, 0.717) is 15.2 Å². The van der Waals surface area contributed by atoms with E-state index in [1.807, 2.05) is 0 Å². The molecule has 0 spiro atoms. The summed E-state index contributed by atoms with van der Waals surface area (Å²) in [5.41, 5.74) is 0.637. The first-order valence-corrected chi connectivity index (χ1v) is 9.91. The Morgan fingerprint density at radius 2 is 1.79 bits per heavy atom. The maximum absolute atomic E-state index is 12.6. The number of carbonyl (C=O) groups is 2. The molecule has 2 aromatic rings. The van der Waals surface area contributed by atoms with Crippen molar-refractivity contribution in [3.05, 3.63) is 59.1 Å². The van der Waals surface area contributed by atoms with Gasteiger partial charge in [-0.2, -0.15) is 0 Å². The van der Waals surface area contributed by atoms with Crippen LogP contribution < -0.4 is 5.32 Å². The van der Waals surface area contributed by atoms with Crippen LogP contribution >= 0.6 is 11.6 Å². The second kappa shape index (κ2) is 9.16.